The first kappa shape index (κ1) is 23.4. The Morgan fingerprint density at radius 3 is 1.77 bits per heavy atom. The molecule has 0 aliphatic rings. The Kier molecular flexibility index (Phi) is 7.47. The summed E-state index contributed by atoms with van der Waals surface area (Å²) in [5, 5.41) is 4.16. The minimum atomic E-state index is -2.62. The van der Waals surface area contributed by atoms with Crippen LogP contribution in [0.3, 0.4) is 0 Å². The van der Waals surface area contributed by atoms with E-state index in [0.717, 1.165) is 10.5 Å². The van der Waals surface area contributed by atoms with Gasteiger partial charge < -0.3 is 4.43 Å². The van der Waals surface area contributed by atoms with Crippen molar-refractivity contribution in [2.24, 2.45) is 0 Å². The molecule has 0 aliphatic heterocycles. The molecule has 3 aromatic carbocycles. The Balaban J connectivity index is 1.97. The Hall–Kier alpha value is -2.27. The summed E-state index contributed by atoms with van der Waals surface area (Å²) in [6, 6.07) is 29.0. The molecule has 162 valence electrons. The summed E-state index contributed by atoms with van der Waals surface area (Å²) in [5.41, 5.74) is 1.16. The molecule has 0 aromatic heterocycles. The van der Waals surface area contributed by atoms with Crippen LogP contribution < -0.4 is 10.4 Å². The van der Waals surface area contributed by atoms with Crippen molar-refractivity contribution in [2.45, 2.75) is 50.7 Å². The van der Waals surface area contributed by atoms with Crippen LogP contribution in [-0.4, -0.2) is 18.6 Å². The molecule has 2 atom stereocenters. The van der Waals surface area contributed by atoms with Crippen LogP contribution in [0.2, 0.25) is 5.04 Å². The van der Waals surface area contributed by atoms with Gasteiger partial charge in [0, 0.05) is 10.3 Å². The van der Waals surface area contributed by atoms with E-state index in [0.29, 0.717) is 0 Å². The molecule has 3 rings (SSSR count). The lowest BCUT2D eigenvalue weighted by Crippen LogP contribution is -2.67. The van der Waals surface area contributed by atoms with Crippen molar-refractivity contribution in [3.63, 3.8) is 0 Å². The van der Waals surface area contributed by atoms with Crippen LogP contribution in [0.5, 0.6) is 0 Å². The summed E-state index contributed by atoms with van der Waals surface area (Å²) in [4.78, 5) is 0.805. The highest BCUT2D eigenvalue weighted by atomic mass is 32.2. The minimum Gasteiger partial charge on any atom is -0.401 e. The number of rotatable bonds is 7. The second-order valence-electron chi connectivity index (χ2n) is 8.93. The molecule has 0 radical (unpaired) electrons. The zero-order valence-electron chi connectivity index (χ0n) is 19.0. The fourth-order valence-electron chi connectivity index (χ4n) is 3.94. The van der Waals surface area contributed by atoms with Gasteiger partial charge in [0.15, 0.2) is 0 Å². The van der Waals surface area contributed by atoms with E-state index in [1.165, 1.54) is 10.4 Å². The Morgan fingerprint density at radius 1 is 0.839 bits per heavy atom. The quantitative estimate of drug-likeness (QED) is 0.441. The molecule has 31 heavy (non-hydrogen) atoms. The van der Waals surface area contributed by atoms with Gasteiger partial charge in [-0.25, -0.2) is 4.21 Å². The van der Waals surface area contributed by atoms with Crippen molar-refractivity contribution >= 4 is 29.5 Å². The van der Waals surface area contributed by atoms with E-state index < -0.39 is 19.1 Å². The van der Waals surface area contributed by atoms with Crippen LogP contribution >= 0.6 is 0 Å². The molecule has 0 spiro atoms. The lowest BCUT2D eigenvalue weighted by atomic mass is 10.2. The molecule has 0 fully saturated rings. The Morgan fingerprint density at radius 2 is 1.32 bits per heavy atom. The Labute approximate surface area is 190 Å². The molecule has 3 aromatic rings. The minimum absolute atomic E-state index is 0.0894. The molecule has 0 heterocycles. The first-order valence-corrected chi connectivity index (χ1v) is 13.8. The first-order valence-electron chi connectivity index (χ1n) is 10.7. The van der Waals surface area contributed by atoms with Gasteiger partial charge in [0.25, 0.3) is 8.32 Å². The SMILES string of the molecule is Cc1ccc(S(=O)/C=C\[C@H](C)O[Si](c2ccccc2)(c2ccccc2)C(C)(C)C)cc1. The van der Waals surface area contributed by atoms with Crippen molar-refractivity contribution in [2.75, 3.05) is 0 Å². The van der Waals surface area contributed by atoms with Crippen molar-refractivity contribution in [1.82, 2.24) is 0 Å². The van der Waals surface area contributed by atoms with E-state index in [9.17, 15) is 4.21 Å². The van der Waals surface area contributed by atoms with E-state index in [-0.39, 0.29) is 11.1 Å². The maximum absolute atomic E-state index is 12.7. The molecule has 0 bridgehead atoms. The largest absolute Gasteiger partial charge is 0.401 e. The van der Waals surface area contributed by atoms with Crippen LogP contribution in [0.25, 0.3) is 0 Å². The lowest BCUT2D eigenvalue weighted by molar-refractivity contribution is 0.252. The summed E-state index contributed by atoms with van der Waals surface area (Å²) >= 11 is 0. The van der Waals surface area contributed by atoms with Gasteiger partial charge in [0.05, 0.1) is 16.9 Å². The van der Waals surface area contributed by atoms with Crippen LogP contribution in [0.4, 0.5) is 0 Å². The van der Waals surface area contributed by atoms with Gasteiger partial charge >= 0.3 is 0 Å². The lowest BCUT2D eigenvalue weighted by Gasteiger charge is -2.44. The summed E-state index contributed by atoms with van der Waals surface area (Å²) in [5.74, 6) is 0. The zero-order chi connectivity index (χ0) is 22.5. The Bertz CT molecular complexity index is 983. The fourth-order valence-corrected chi connectivity index (χ4v) is 9.52. The van der Waals surface area contributed by atoms with E-state index in [2.05, 4.69) is 69.3 Å². The van der Waals surface area contributed by atoms with Gasteiger partial charge in [-0.1, -0.05) is 99.1 Å². The summed E-state index contributed by atoms with van der Waals surface area (Å²) in [6.45, 7) is 10.9. The van der Waals surface area contributed by atoms with Gasteiger partial charge in [0.1, 0.15) is 0 Å². The number of hydrogen-bond donors (Lipinski definition) is 0. The molecule has 0 saturated heterocycles. The van der Waals surface area contributed by atoms with Crippen molar-refractivity contribution in [1.29, 1.82) is 0 Å². The number of benzene rings is 3. The normalized spacial score (nSPS) is 14.5. The fraction of sp³-hybridized carbons (Fsp3) is 0.259. The molecule has 2 nitrogen and oxygen atoms in total. The third-order valence-corrected chi connectivity index (χ3v) is 11.8. The van der Waals surface area contributed by atoms with Crippen molar-refractivity contribution in [3.05, 3.63) is 102 Å². The van der Waals surface area contributed by atoms with Gasteiger partial charge in [-0.3, -0.25) is 0 Å². The van der Waals surface area contributed by atoms with Crippen LogP contribution in [0.15, 0.2) is 101 Å². The molecular weight excluding hydrogens is 416 g/mol. The predicted octanol–water partition coefficient (Wildman–Crippen LogP) is 5.58. The zero-order valence-corrected chi connectivity index (χ0v) is 20.9. The summed E-state index contributed by atoms with van der Waals surface area (Å²) < 4.78 is 19.7. The van der Waals surface area contributed by atoms with E-state index in [1.807, 2.05) is 56.3 Å². The van der Waals surface area contributed by atoms with Gasteiger partial charge in [0.2, 0.25) is 0 Å². The second kappa shape index (κ2) is 9.90. The highest BCUT2D eigenvalue weighted by Crippen LogP contribution is 2.37. The van der Waals surface area contributed by atoms with E-state index in [4.69, 9.17) is 4.43 Å². The average Bonchev–Trinajstić information content (AvgIpc) is 2.76. The highest BCUT2D eigenvalue weighted by molar-refractivity contribution is 7.88. The monoisotopic (exact) mass is 448 g/mol. The summed E-state index contributed by atoms with van der Waals surface area (Å²) in [6.07, 6.45) is 1.76. The molecule has 1 unspecified atom stereocenters. The molecule has 0 amide bonds. The molecule has 4 heteroatoms. The van der Waals surface area contributed by atoms with Crippen LogP contribution in [0, 0.1) is 6.92 Å². The first-order chi connectivity index (χ1) is 14.7. The second-order valence-corrected chi connectivity index (χ2v) is 14.5. The highest BCUT2D eigenvalue weighted by Gasteiger charge is 2.50. The van der Waals surface area contributed by atoms with Gasteiger partial charge in [-0.15, -0.1) is 0 Å². The standard InChI is InChI=1S/C27H32O2SSi/c1-22-16-18-24(19-17-22)30(28)21-20-23(2)29-31(27(3,4)5,25-12-8-6-9-13-25)26-14-10-7-11-15-26/h6-21,23H,1-5H3/b21-20-/t23-,30?/m0/s1. The van der Waals surface area contributed by atoms with Crippen LogP contribution in [0.1, 0.15) is 33.3 Å². The predicted molar refractivity (Wildman–Crippen MR) is 135 cm³/mol. The third kappa shape index (κ3) is 5.32. The summed E-state index contributed by atoms with van der Waals surface area (Å²) in [7, 11) is -3.82. The van der Waals surface area contributed by atoms with Gasteiger partial charge in [-0.2, -0.15) is 0 Å². The molecular formula is C27H32O2SSi. The number of aryl methyl sites for hydroxylation is 1. The number of hydrogen-bond acceptors (Lipinski definition) is 2. The molecule has 0 saturated carbocycles. The topological polar surface area (TPSA) is 26.3 Å². The molecule has 0 aliphatic carbocycles. The smallest absolute Gasteiger partial charge is 0.261 e. The van der Waals surface area contributed by atoms with Crippen molar-refractivity contribution < 1.29 is 8.63 Å². The van der Waals surface area contributed by atoms with E-state index in [1.54, 1.807) is 5.41 Å². The average molecular weight is 449 g/mol. The van der Waals surface area contributed by atoms with Crippen molar-refractivity contribution in [3.8, 4) is 0 Å². The third-order valence-electron chi connectivity index (χ3n) is 5.51. The maximum atomic E-state index is 12.7. The maximum Gasteiger partial charge on any atom is 0.261 e. The van der Waals surface area contributed by atoms with Gasteiger partial charge in [-0.05, 0) is 47.5 Å². The van der Waals surface area contributed by atoms with Crippen LogP contribution in [-0.2, 0) is 15.2 Å². The van der Waals surface area contributed by atoms with E-state index >= 15 is 0 Å². The molecule has 0 N–H and O–H groups in total.